The largest absolute Gasteiger partial charge is 0.370 e. The van der Waals surface area contributed by atoms with Crippen molar-refractivity contribution in [3.05, 3.63) is 35.6 Å². The lowest BCUT2D eigenvalue weighted by Crippen LogP contribution is -2.31. The standard InChI is InChI=1S/C9H8FN3O/c10-6-3-1-2-5(4-6)7-8(14)13-9(11)12-7/h1-4,7H,(H3,11,12,13,14). The van der Waals surface area contributed by atoms with E-state index in [9.17, 15) is 9.18 Å². The normalized spacial score (nSPS) is 20.5. The number of carbonyl (C=O) groups is 1. The van der Waals surface area contributed by atoms with Gasteiger partial charge in [0.1, 0.15) is 5.82 Å². The molecule has 0 aromatic heterocycles. The highest BCUT2D eigenvalue weighted by molar-refractivity contribution is 6.04. The van der Waals surface area contributed by atoms with Crippen molar-refractivity contribution in [1.29, 1.82) is 0 Å². The van der Waals surface area contributed by atoms with Crippen LogP contribution in [0.5, 0.6) is 0 Å². The minimum Gasteiger partial charge on any atom is -0.370 e. The molecule has 2 rings (SSSR count). The molecule has 4 nitrogen and oxygen atoms in total. The van der Waals surface area contributed by atoms with Gasteiger partial charge < -0.3 is 5.73 Å². The number of halogens is 1. The van der Waals surface area contributed by atoms with Crippen LogP contribution in [0.2, 0.25) is 0 Å². The van der Waals surface area contributed by atoms with Gasteiger partial charge in [-0.3, -0.25) is 10.1 Å². The summed E-state index contributed by atoms with van der Waals surface area (Å²) in [6.45, 7) is 0. The highest BCUT2D eigenvalue weighted by atomic mass is 19.1. The molecule has 0 saturated heterocycles. The highest BCUT2D eigenvalue weighted by Gasteiger charge is 2.26. The summed E-state index contributed by atoms with van der Waals surface area (Å²) in [7, 11) is 0. The topological polar surface area (TPSA) is 67.5 Å². The Bertz CT molecular complexity index is 416. The van der Waals surface area contributed by atoms with Crippen LogP contribution in [0.4, 0.5) is 4.39 Å². The van der Waals surface area contributed by atoms with E-state index in [2.05, 4.69) is 10.3 Å². The molecule has 1 aliphatic heterocycles. The first-order valence-corrected chi connectivity index (χ1v) is 4.06. The zero-order valence-electron chi connectivity index (χ0n) is 7.20. The molecule has 1 aliphatic rings. The monoisotopic (exact) mass is 193 g/mol. The van der Waals surface area contributed by atoms with Gasteiger partial charge in [0.15, 0.2) is 12.0 Å². The lowest BCUT2D eigenvalue weighted by atomic mass is 10.1. The number of aliphatic imine (C=N–C) groups is 1. The molecular formula is C9H8FN3O. The number of benzene rings is 1. The number of nitrogens with zero attached hydrogens (tertiary/aromatic N) is 1. The molecule has 0 saturated carbocycles. The zero-order chi connectivity index (χ0) is 10.1. The number of hydrogen-bond acceptors (Lipinski definition) is 3. The second-order valence-corrected chi connectivity index (χ2v) is 2.96. The molecule has 3 N–H and O–H groups in total. The fourth-order valence-electron chi connectivity index (χ4n) is 1.33. The summed E-state index contributed by atoms with van der Waals surface area (Å²) in [5.41, 5.74) is 5.82. The van der Waals surface area contributed by atoms with Crippen LogP contribution >= 0.6 is 0 Å². The molecule has 0 fully saturated rings. The van der Waals surface area contributed by atoms with E-state index in [0.29, 0.717) is 5.56 Å². The maximum absolute atomic E-state index is 12.8. The maximum Gasteiger partial charge on any atom is 0.256 e. The third-order valence-corrected chi connectivity index (χ3v) is 1.93. The number of guanidine groups is 1. The summed E-state index contributed by atoms with van der Waals surface area (Å²) >= 11 is 0. The molecule has 0 aliphatic carbocycles. The van der Waals surface area contributed by atoms with Crippen LogP contribution in [0.15, 0.2) is 29.3 Å². The van der Waals surface area contributed by atoms with Crippen molar-refractivity contribution in [2.24, 2.45) is 10.7 Å². The summed E-state index contributed by atoms with van der Waals surface area (Å²) in [6, 6.07) is 5.03. The van der Waals surface area contributed by atoms with Crippen molar-refractivity contribution in [2.45, 2.75) is 6.04 Å². The minimum atomic E-state index is -0.717. The van der Waals surface area contributed by atoms with Gasteiger partial charge in [0.05, 0.1) is 0 Å². The van der Waals surface area contributed by atoms with E-state index in [1.54, 1.807) is 6.07 Å². The van der Waals surface area contributed by atoms with E-state index < -0.39 is 11.9 Å². The van der Waals surface area contributed by atoms with E-state index in [1.165, 1.54) is 18.2 Å². The molecule has 1 amide bonds. The Balaban J connectivity index is 2.36. The fraction of sp³-hybridized carbons (Fsp3) is 0.111. The first-order valence-electron chi connectivity index (χ1n) is 4.06. The second-order valence-electron chi connectivity index (χ2n) is 2.96. The highest BCUT2D eigenvalue weighted by Crippen LogP contribution is 2.20. The first kappa shape index (κ1) is 8.68. The van der Waals surface area contributed by atoms with E-state index in [-0.39, 0.29) is 11.9 Å². The van der Waals surface area contributed by atoms with Gasteiger partial charge >= 0.3 is 0 Å². The smallest absolute Gasteiger partial charge is 0.256 e. The number of nitrogens with two attached hydrogens (primary N) is 1. The van der Waals surface area contributed by atoms with E-state index in [0.717, 1.165) is 0 Å². The number of amides is 1. The molecule has 0 radical (unpaired) electrons. The SMILES string of the molecule is NC1=NC(c2cccc(F)c2)C(=O)N1. The van der Waals surface area contributed by atoms with Crippen LogP contribution in [0.1, 0.15) is 11.6 Å². The Hall–Kier alpha value is -1.91. The van der Waals surface area contributed by atoms with Crippen LogP contribution in [0, 0.1) is 5.82 Å². The van der Waals surface area contributed by atoms with Crippen molar-refractivity contribution < 1.29 is 9.18 Å². The van der Waals surface area contributed by atoms with Gasteiger partial charge in [-0.05, 0) is 17.7 Å². The molecule has 1 heterocycles. The Morgan fingerprint density at radius 3 is 2.86 bits per heavy atom. The quantitative estimate of drug-likeness (QED) is 0.674. The van der Waals surface area contributed by atoms with Crippen molar-refractivity contribution in [3.8, 4) is 0 Å². The van der Waals surface area contributed by atoms with Gasteiger partial charge in [0.2, 0.25) is 0 Å². The summed E-state index contributed by atoms with van der Waals surface area (Å²) in [5.74, 6) is -0.645. The molecule has 1 aromatic rings. The van der Waals surface area contributed by atoms with E-state index in [4.69, 9.17) is 5.73 Å². The zero-order valence-corrected chi connectivity index (χ0v) is 7.20. The predicted molar refractivity (Wildman–Crippen MR) is 48.9 cm³/mol. The van der Waals surface area contributed by atoms with Gasteiger partial charge in [-0.15, -0.1) is 0 Å². The molecule has 1 atom stereocenters. The number of hydrogen-bond donors (Lipinski definition) is 2. The number of carbonyl (C=O) groups excluding carboxylic acids is 1. The minimum absolute atomic E-state index is 0.0734. The summed E-state index contributed by atoms with van der Waals surface area (Å²) in [5, 5.41) is 2.35. The van der Waals surface area contributed by atoms with E-state index >= 15 is 0 Å². The second kappa shape index (κ2) is 3.10. The molecule has 0 bridgehead atoms. The average molecular weight is 193 g/mol. The van der Waals surface area contributed by atoms with Gasteiger partial charge in [0, 0.05) is 0 Å². The van der Waals surface area contributed by atoms with Crippen molar-refractivity contribution in [2.75, 3.05) is 0 Å². The Morgan fingerprint density at radius 2 is 2.29 bits per heavy atom. The molecule has 1 aromatic carbocycles. The molecule has 72 valence electrons. The van der Waals surface area contributed by atoms with Crippen molar-refractivity contribution >= 4 is 11.9 Å². The molecule has 0 spiro atoms. The first-order chi connectivity index (χ1) is 6.66. The van der Waals surface area contributed by atoms with Gasteiger partial charge in [-0.1, -0.05) is 12.1 Å². The Labute approximate surface area is 79.6 Å². The lowest BCUT2D eigenvalue weighted by Gasteiger charge is -2.03. The molecule has 14 heavy (non-hydrogen) atoms. The Kier molecular flexibility index (Phi) is 1.92. The predicted octanol–water partition coefficient (Wildman–Crippen LogP) is 0.311. The Morgan fingerprint density at radius 1 is 1.50 bits per heavy atom. The van der Waals surface area contributed by atoms with Crippen LogP contribution in [-0.4, -0.2) is 11.9 Å². The van der Waals surface area contributed by atoms with Crippen molar-refractivity contribution in [3.63, 3.8) is 0 Å². The van der Waals surface area contributed by atoms with E-state index in [1.807, 2.05) is 0 Å². The third kappa shape index (κ3) is 1.44. The van der Waals surface area contributed by atoms with Crippen LogP contribution < -0.4 is 11.1 Å². The summed E-state index contributed by atoms with van der Waals surface area (Å²) in [4.78, 5) is 15.1. The van der Waals surface area contributed by atoms with Gasteiger partial charge in [-0.25, -0.2) is 9.38 Å². The van der Waals surface area contributed by atoms with Gasteiger partial charge in [-0.2, -0.15) is 0 Å². The van der Waals surface area contributed by atoms with Crippen LogP contribution in [0.25, 0.3) is 0 Å². The molecule has 5 heteroatoms. The molecule has 1 unspecified atom stereocenters. The molecular weight excluding hydrogens is 185 g/mol. The van der Waals surface area contributed by atoms with Crippen LogP contribution in [-0.2, 0) is 4.79 Å². The third-order valence-electron chi connectivity index (χ3n) is 1.93. The average Bonchev–Trinajstić information content (AvgIpc) is 2.45. The van der Waals surface area contributed by atoms with Crippen molar-refractivity contribution in [1.82, 2.24) is 5.32 Å². The number of rotatable bonds is 1. The fourth-order valence-corrected chi connectivity index (χ4v) is 1.33. The van der Waals surface area contributed by atoms with Gasteiger partial charge in [0.25, 0.3) is 5.91 Å². The summed E-state index contributed by atoms with van der Waals surface area (Å²) < 4.78 is 12.8. The number of nitrogens with one attached hydrogen (secondary N) is 1. The lowest BCUT2D eigenvalue weighted by molar-refractivity contribution is -0.120. The van der Waals surface area contributed by atoms with Crippen LogP contribution in [0.3, 0.4) is 0 Å². The summed E-state index contributed by atoms with van der Waals surface area (Å²) in [6.07, 6.45) is 0. The maximum atomic E-state index is 12.8.